The van der Waals surface area contributed by atoms with Crippen molar-refractivity contribution in [2.45, 2.75) is 31.4 Å². The monoisotopic (exact) mass is 364 g/mol. The molecule has 3 rings (SSSR count). The average molecular weight is 365 g/mol. The molecule has 0 radical (unpaired) electrons. The molecule has 7 heteroatoms. The van der Waals surface area contributed by atoms with E-state index in [2.05, 4.69) is 15.7 Å². The van der Waals surface area contributed by atoms with Crippen molar-refractivity contribution in [3.8, 4) is 0 Å². The molecule has 0 bridgehead atoms. The van der Waals surface area contributed by atoms with Gasteiger partial charge in [-0.25, -0.2) is 0 Å². The standard InChI is InChI=1S/C18H24N4O2.ClH/c1-14-5-2-3-6-15(14)16(23)13-20-17(24)18(7-10-19-11-8-18)22-12-4-9-21-22;/h2-6,9,12,16,19,23H,7-8,10-11,13H2,1H3,(H,20,24);1H. The van der Waals surface area contributed by atoms with Crippen LogP contribution in [0.1, 0.15) is 30.1 Å². The molecule has 0 aliphatic carbocycles. The topological polar surface area (TPSA) is 79.2 Å². The minimum absolute atomic E-state index is 0. The molecule has 136 valence electrons. The van der Waals surface area contributed by atoms with Crippen LogP contribution in [0, 0.1) is 6.92 Å². The maximum atomic E-state index is 12.9. The van der Waals surface area contributed by atoms with Gasteiger partial charge in [-0.2, -0.15) is 5.10 Å². The van der Waals surface area contributed by atoms with Crippen LogP contribution >= 0.6 is 12.4 Å². The summed E-state index contributed by atoms with van der Waals surface area (Å²) < 4.78 is 1.75. The van der Waals surface area contributed by atoms with Gasteiger partial charge in [-0.05, 0) is 50.0 Å². The Bertz CT molecular complexity index is 684. The van der Waals surface area contributed by atoms with Gasteiger partial charge in [-0.3, -0.25) is 9.48 Å². The van der Waals surface area contributed by atoms with E-state index < -0.39 is 11.6 Å². The van der Waals surface area contributed by atoms with E-state index >= 15 is 0 Å². The summed E-state index contributed by atoms with van der Waals surface area (Å²) in [7, 11) is 0. The first-order valence-electron chi connectivity index (χ1n) is 8.36. The third-order valence-corrected chi connectivity index (χ3v) is 4.80. The SMILES string of the molecule is Cc1ccccc1C(O)CNC(=O)C1(n2cccn2)CCNCC1.Cl. The van der Waals surface area contributed by atoms with Gasteiger partial charge >= 0.3 is 0 Å². The Hall–Kier alpha value is -1.89. The molecule has 1 aliphatic rings. The van der Waals surface area contributed by atoms with E-state index in [4.69, 9.17) is 0 Å². The van der Waals surface area contributed by atoms with Crippen LogP contribution in [0.25, 0.3) is 0 Å². The number of hydrogen-bond acceptors (Lipinski definition) is 4. The normalized spacial score (nSPS) is 17.4. The lowest BCUT2D eigenvalue weighted by atomic mass is 9.87. The Morgan fingerprint density at radius 3 is 2.72 bits per heavy atom. The van der Waals surface area contributed by atoms with Gasteiger partial charge in [0, 0.05) is 18.9 Å². The summed E-state index contributed by atoms with van der Waals surface area (Å²) in [6, 6.07) is 9.51. The highest BCUT2D eigenvalue weighted by Gasteiger charge is 2.41. The Balaban J connectivity index is 0.00000225. The van der Waals surface area contributed by atoms with E-state index in [9.17, 15) is 9.90 Å². The first kappa shape index (κ1) is 19.4. The fraction of sp³-hybridized carbons (Fsp3) is 0.444. The van der Waals surface area contributed by atoms with Crippen molar-refractivity contribution in [3.05, 3.63) is 53.9 Å². The summed E-state index contributed by atoms with van der Waals surface area (Å²) in [4.78, 5) is 12.9. The lowest BCUT2D eigenvalue weighted by molar-refractivity contribution is -0.132. The third kappa shape index (κ3) is 4.03. The fourth-order valence-corrected chi connectivity index (χ4v) is 3.35. The van der Waals surface area contributed by atoms with Crippen molar-refractivity contribution in [2.75, 3.05) is 19.6 Å². The number of hydrogen-bond donors (Lipinski definition) is 3. The van der Waals surface area contributed by atoms with Gasteiger partial charge in [0.25, 0.3) is 0 Å². The molecule has 1 amide bonds. The molecule has 1 unspecified atom stereocenters. The predicted octanol–water partition coefficient (Wildman–Crippen LogP) is 1.54. The Morgan fingerprint density at radius 1 is 1.36 bits per heavy atom. The second-order valence-electron chi connectivity index (χ2n) is 6.31. The van der Waals surface area contributed by atoms with Crippen LogP contribution in [-0.4, -0.2) is 40.4 Å². The van der Waals surface area contributed by atoms with Crippen molar-refractivity contribution >= 4 is 18.3 Å². The number of aromatic nitrogens is 2. The minimum atomic E-state index is -0.716. The van der Waals surface area contributed by atoms with Crippen LogP contribution < -0.4 is 10.6 Å². The molecule has 2 aromatic rings. The molecule has 3 N–H and O–H groups in total. The second-order valence-corrected chi connectivity index (χ2v) is 6.31. The zero-order chi connectivity index (χ0) is 17.0. The average Bonchev–Trinajstić information content (AvgIpc) is 3.15. The molecule has 1 atom stereocenters. The maximum absolute atomic E-state index is 12.9. The van der Waals surface area contributed by atoms with E-state index in [0.29, 0.717) is 12.8 Å². The van der Waals surface area contributed by atoms with Gasteiger partial charge in [-0.1, -0.05) is 24.3 Å². The van der Waals surface area contributed by atoms with Crippen LogP contribution in [0.4, 0.5) is 0 Å². The van der Waals surface area contributed by atoms with Crippen molar-refractivity contribution in [2.24, 2.45) is 0 Å². The van der Waals surface area contributed by atoms with Crippen molar-refractivity contribution in [1.29, 1.82) is 0 Å². The van der Waals surface area contributed by atoms with E-state index in [1.165, 1.54) is 0 Å². The van der Waals surface area contributed by atoms with E-state index in [-0.39, 0.29) is 24.9 Å². The molecule has 25 heavy (non-hydrogen) atoms. The highest BCUT2D eigenvalue weighted by Crippen LogP contribution is 2.27. The first-order valence-corrected chi connectivity index (χ1v) is 8.36. The number of carbonyl (C=O) groups excluding carboxylic acids is 1. The number of aryl methyl sites for hydroxylation is 1. The molecule has 1 aromatic heterocycles. The van der Waals surface area contributed by atoms with Crippen molar-refractivity contribution < 1.29 is 9.90 Å². The summed E-state index contributed by atoms with van der Waals surface area (Å²) in [6.45, 7) is 3.69. The van der Waals surface area contributed by atoms with Gasteiger partial charge in [-0.15, -0.1) is 12.4 Å². The first-order chi connectivity index (χ1) is 11.6. The highest BCUT2D eigenvalue weighted by molar-refractivity contribution is 5.85. The van der Waals surface area contributed by atoms with Crippen LogP contribution in [0.5, 0.6) is 0 Å². The summed E-state index contributed by atoms with van der Waals surface area (Å²) in [5.41, 5.74) is 1.18. The number of benzene rings is 1. The van der Waals surface area contributed by atoms with E-state index in [1.54, 1.807) is 10.9 Å². The zero-order valence-electron chi connectivity index (χ0n) is 14.3. The van der Waals surface area contributed by atoms with E-state index in [0.717, 1.165) is 24.2 Å². The quantitative estimate of drug-likeness (QED) is 0.752. The number of rotatable bonds is 5. The molecule has 0 spiro atoms. The maximum Gasteiger partial charge on any atom is 0.248 e. The van der Waals surface area contributed by atoms with Gasteiger partial charge in [0.15, 0.2) is 0 Å². The van der Waals surface area contributed by atoms with Crippen LogP contribution in [0.2, 0.25) is 0 Å². The van der Waals surface area contributed by atoms with Gasteiger partial charge in [0.05, 0.1) is 6.10 Å². The molecule has 6 nitrogen and oxygen atoms in total. The van der Waals surface area contributed by atoms with Gasteiger partial charge < -0.3 is 15.7 Å². The second kappa shape index (κ2) is 8.47. The van der Waals surface area contributed by atoms with Crippen LogP contribution in [-0.2, 0) is 10.3 Å². The Labute approximate surface area is 154 Å². The number of aliphatic hydroxyl groups is 1. The molecule has 1 aromatic carbocycles. The number of halogens is 1. The van der Waals surface area contributed by atoms with E-state index in [1.807, 2.05) is 43.5 Å². The largest absolute Gasteiger partial charge is 0.387 e. The Morgan fingerprint density at radius 2 is 2.08 bits per heavy atom. The number of nitrogens with one attached hydrogen (secondary N) is 2. The number of piperidine rings is 1. The molecule has 1 saturated heterocycles. The number of aliphatic hydroxyl groups excluding tert-OH is 1. The molecule has 2 heterocycles. The zero-order valence-corrected chi connectivity index (χ0v) is 15.1. The van der Waals surface area contributed by atoms with Crippen molar-refractivity contribution in [1.82, 2.24) is 20.4 Å². The highest BCUT2D eigenvalue weighted by atomic mass is 35.5. The number of nitrogens with zero attached hydrogens (tertiary/aromatic N) is 2. The summed E-state index contributed by atoms with van der Waals surface area (Å²) >= 11 is 0. The van der Waals surface area contributed by atoms with Gasteiger partial charge in [0.2, 0.25) is 5.91 Å². The fourth-order valence-electron chi connectivity index (χ4n) is 3.35. The third-order valence-electron chi connectivity index (χ3n) is 4.80. The van der Waals surface area contributed by atoms with Crippen LogP contribution in [0.3, 0.4) is 0 Å². The van der Waals surface area contributed by atoms with Crippen molar-refractivity contribution in [3.63, 3.8) is 0 Å². The lowest BCUT2D eigenvalue weighted by Crippen LogP contribution is -2.55. The van der Waals surface area contributed by atoms with Gasteiger partial charge in [0.1, 0.15) is 5.54 Å². The summed E-state index contributed by atoms with van der Waals surface area (Å²) in [6.07, 6.45) is 4.18. The minimum Gasteiger partial charge on any atom is -0.387 e. The predicted molar refractivity (Wildman–Crippen MR) is 98.7 cm³/mol. The lowest BCUT2D eigenvalue weighted by Gasteiger charge is -2.36. The number of carbonyl (C=O) groups is 1. The molecule has 1 fully saturated rings. The molecule has 0 saturated carbocycles. The Kier molecular flexibility index (Phi) is 6.58. The molecular weight excluding hydrogens is 340 g/mol. The smallest absolute Gasteiger partial charge is 0.248 e. The number of amides is 1. The van der Waals surface area contributed by atoms with Crippen LogP contribution in [0.15, 0.2) is 42.7 Å². The summed E-state index contributed by atoms with van der Waals surface area (Å²) in [5.74, 6) is -0.0830. The molecule has 1 aliphatic heterocycles. The molecular formula is C18H25ClN4O2. The summed E-state index contributed by atoms with van der Waals surface area (Å²) in [5, 5.41) is 20.9.